The van der Waals surface area contributed by atoms with Crippen molar-refractivity contribution in [3.8, 4) is 17.2 Å². The van der Waals surface area contributed by atoms with E-state index in [0.29, 0.717) is 5.56 Å². The summed E-state index contributed by atoms with van der Waals surface area (Å²) < 4.78 is 39.1. The minimum atomic E-state index is -4.51. The molecule has 0 atom stereocenters. The van der Waals surface area contributed by atoms with E-state index in [4.69, 9.17) is 5.26 Å². The predicted molar refractivity (Wildman–Crippen MR) is 64.1 cm³/mol. The molecule has 2 rings (SSSR count). The molecule has 0 saturated heterocycles. The average Bonchev–Trinajstić information content (AvgIpc) is 2.37. The van der Waals surface area contributed by atoms with Gasteiger partial charge in [-0.25, -0.2) is 0 Å². The van der Waals surface area contributed by atoms with Gasteiger partial charge in [0.25, 0.3) is 0 Å². The fourth-order valence-corrected chi connectivity index (χ4v) is 1.80. The lowest BCUT2D eigenvalue weighted by Gasteiger charge is -2.13. The zero-order valence-corrected chi connectivity index (χ0v) is 9.99. The number of halogens is 3. The molecule has 0 aliphatic rings. The zero-order valence-electron chi connectivity index (χ0n) is 9.99. The van der Waals surface area contributed by atoms with Gasteiger partial charge in [-0.2, -0.15) is 18.4 Å². The molecule has 0 bridgehead atoms. The maximum absolute atomic E-state index is 13.0. The molecule has 1 aromatic heterocycles. The predicted octanol–water partition coefficient (Wildman–Crippen LogP) is 3.95. The molecule has 1 aromatic carbocycles. The molecule has 5 heteroatoms. The second-order valence-corrected chi connectivity index (χ2v) is 4.12. The van der Waals surface area contributed by atoms with Gasteiger partial charge in [0.05, 0.1) is 17.2 Å². The fraction of sp³-hybridized carbons (Fsp3) is 0.143. The Morgan fingerprint density at radius 1 is 1.16 bits per heavy atom. The normalized spacial score (nSPS) is 11.1. The highest BCUT2D eigenvalue weighted by Gasteiger charge is 2.34. The van der Waals surface area contributed by atoms with Crippen molar-refractivity contribution in [3.63, 3.8) is 0 Å². The van der Waals surface area contributed by atoms with Crippen molar-refractivity contribution in [2.24, 2.45) is 0 Å². The van der Waals surface area contributed by atoms with Gasteiger partial charge in [0.2, 0.25) is 0 Å². The third kappa shape index (κ3) is 2.74. The molecular weight excluding hydrogens is 253 g/mol. The van der Waals surface area contributed by atoms with E-state index in [2.05, 4.69) is 4.98 Å². The van der Waals surface area contributed by atoms with Crippen molar-refractivity contribution in [1.82, 2.24) is 4.98 Å². The van der Waals surface area contributed by atoms with Crippen LogP contribution in [0.1, 0.15) is 16.7 Å². The van der Waals surface area contributed by atoms with Gasteiger partial charge in [-0.15, -0.1) is 0 Å². The highest BCUT2D eigenvalue weighted by atomic mass is 19.4. The monoisotopic (exact) mass is 262 g/mol. The Morgan fingerprint density at radius 2 is 1.89 bits per heavy atom. The molecule has 96 valence electrons. The van der Waals surface area contributed by atoms with Crippen molar-refractivity contribution in [2.75, 3.05) is 0 Å². The second-order valence-electron chi connectivity index (χ2n) is 4.12. The van der Waals surface area contributed by atoms with Crippen molar-refractivity contribution in [2.45, 2.75) is 13.1 Å². The molecule has 0 aliphatic heterocycles. The number of rotatable bonds is 1. The van der Waals surface area contributed by atoms with Gasteiger partial charge in [-0.05, 0) is 36.2 Å². The van der Waals surface area contributed by atoms with Crippen LogP contribution in [0.4, 0.5) is 13.2 Å². The van der Waals surface area contributed by atoms with Gasteiger partial charge in [0.15, 0.2) is 0 Å². The lowest BCUT2D eigenvalue weighted by atomic mass is 9.98. The van der Waals surface area contributed by atoms with Crippen LogP contribution in [0.3, 0.4) is 0 Å². The summed E-state index contributed by atoms with van der Waals surface area (Å²) in [5, 5.41) is 8.70. The third-order valence-electron chi connectivity index (χ3n) is 2.64. The van der Waals surface area contributed by atoms with Crippen LogP contribution in [0, 0.1) is 18.3 Å². The summed E-state index contributed by atoms with van der Waals surface area (Å²) >= 11 is 0. The molecule has 0 N–H and O–H groups in total. The first-order valence-corrected chi connectivity index (χ1v) is 5.45. The minimum absolute atomic E-state index is 0.0170. The van der Waals surface area contributed by atoms with E-state index in [-0.39, 0.29) is 11.1 Å². The van der Waals surface area contributed by atoms with Gasteiger partial charge in [-0.3, -0.25) is 4.98 Å². The van der Waals surface area contributed by atoms with Gasteiger partial charge >= 0.3 is 6.18 Å². The topological polar surface area (TPSA) is 36.7 Å². The number of hydrogen-bond donors (Lipinski definition) is 0. The summed E-state index contributed by atoms with van der Waals surface area (Å²) in [7, 11) is 0. The van der Waals surface area contributed by atoms with E-state index in [1.165, 1.54) is 18.3 Å². The Morgan fingerprint density at radius 3 is 2.47 bits per heavy atom. The lowest BCUT2D eigenvalue weighted by Crippen LogP contribution is -2.07. The van der Waals surface area contributed by atoms with Crippen LogP contribution < -0.4 is 0 Å². The first kappa shape index (κ1) is 13.1. The number of nitriles is 1. The third-order valence-corrected chi connectivity index (χ3v) is 2.64. The van der Waals surface area contributed by atoms with E-state index in [1.54, 1.807) is 25.3 Å². The molecule has 0 spiro atoms. The summed E-state index contributed by atoms with van der Waals surface area (Å²) in [6.07, 6.45) is -1.56. The SMILES string of the molecule is Cc1cncc(-c2ccc(C#N)cc2C(F)(F)F)c1. The summed E-state index contributed by atoms with van der Waals surface area (Å²) in [5.74, 6) is 0. The molecule has 2 nitrogen and oxygen atoms in total. The van der Waals surface area contributed by atoms with Crippen molar-refractivity contribution in [3.05, 3.63) is 53.3 Å². The Kier molecular flexibility index (Phi) is 3.26. The smallest absolute Gasteiger partial charge is 0.264 e. The summed E-state index contributed by atoms with van der Waals surface area (Å²) in [5.41, 5.74) is 0.352. The second kappa shape index (κ2) is 4.73. The average molecular weight is 262 g/mol. The maximum atomic E-state index is 13.0. The number of nitrogens with zero attached hydrogens (tertiary/aromatic N) is 2. The lowest BCUT2D eigenvalue weighted by molar-refractivity contribution is -0.137. The van der Waals surface area contributed by atoms with Crippen LogP contribution >= 0.6 is 0 Å². The molecule has 0 amide bonds. The van der Waals surface area contributed by atoms with Crippen LogP contribution in [0.2, 0.25) is 0 Å². The standard InChI is InChI=1S/C14H9F3N2/c1-9-4-11(8-19-7-9)12-3-2-10(6-18)5-13(12)14(15,16)17/h2-5,7-8H,1H3. The van der Waals surface area contributed by atoms with Crippen molar-refractivity contribution < 1.29 is 13.2 Å². The molecule has 2 aromatic rings. The molecular formula is C14H9F3N2. The molecule has 0 saturated carbocycles. The van der Waals surface area contributed by atoms with Crippen molar-refractivity contribution in [1.29, 1.82) is 5.26 Å². The molecule has 0 fully saturated rings. The van der Waals surface area contributed by atoms with Crippen LogP contribution in [0.15, 0.2) is 36.7 Å². The fourth-order valence-electron chi connectivity index (χ4n) is 1.80. The Bertz CT molecular complexity index is 654. The molecule has 1 heterocycles. The van der Waals surface area contributed by atoms with E-state index in [1.807, 2.05) is 0 Å². The molecule has 0 radical (unpaired) electrons. The number of alkyl halides is 3. The minimum Gasteiger partial charge on any atom is -0.264 e. The number of benzene rings is 1. The summed E-state index contributed by atoms with van der Waals surface area (Å²) in [6.45, 7) is 1.76. The first-order chi connectivity index (χ1) is 8.91. The van der Waals surface area contributed by atoms with Crippen LogP contribution in [0.5, 0.6) is 0 Å². The molecule has 19 heavy (non-hydrogen) atoms. The van der Waals surface area contributed by atoms with E-state index in [0.717, 1.165) is 11.6 Å². The molecule has 0 aliphatic carbocycles. The largest absolute Gasteiger partial charge is 0.417 e. The highest BCUT2D eigenvalue weighted by molar-refractivity contribution is 5.69. The van der Waals surface area contributed by atoms with E-state index >= 15 is 0 Å². The number of aryl methyl sites for hydroxylation is 1. The van der Waals surface area contributed by atoms with Crippen LogP contribution in [-0.4, -0.2) is 4.98 Å². The number of pyridine rings is 1. The Balaban J connectivity index is 2.67. The Hall–Kier alpha value is -2.35. The number of hydrogen-bond acceptors (Lipinski definition) is 2. The maximum Gasteiger partial charge on any atom is 0.417 e. The number of aromatic nitrogens is 1. The van der Waals surface area contributed by atoms with Gasteiger partial charge in [0, 0.05) is 18.0 Å². The summed E-state index contributed by atoms with van der Waals surface area (Å²) in [6, 6.07) is 6.87. The quantitative estimate of drug-likeness (QED) is 0.780. The highest BCUT2D eigenvalue weighted by Crippen LogP contribution is 2.37. The van der Waals surface area contributed by atoms with E-state index in [9.17, 15) is 13.2 Å². The van der Waals surface area contributed by atoms with E-state index < -0.39 is 11.7 Å². The van der Waals surface area contributed by atoms with Crippen LogP contribution in [0.25, 0.3) is 11.1 Å². The van der Waals surface area contributed by atoms with Gasteiger partial charge in [0.1, 0.15) is 0 Å². The van der Waals surface area contributed by atoms with Gasteiger partial charge in [-0.1, -0.05) is 6.07 Å². The first-order valence-electron chi connectivity index (χ1n) is 5.45. The summed E-state index contributed by atoms with van der Waals surface area (Å²) in [4.78, 5) is 3.89. The van der Waals surface area contributed by atoms with Crippen molar-refractivity contribution >= 4 is 0 Å². The van der Waals surface area contributed by atoms with Crippen LogP contribution in [-0.2, 0) is 6.18 Å². The van der Waals surface area contributed by atoms with Gasteiger partial charge < -0.3 is 0 Å². The Labute approximate surface area is 108 Å². The molecule has 0 unspecified atom stereocenters. The zero-order chi connectivity index (χ0) is 14.0.